The Hall–Kier alpha value is 0.115. The van der Waals surface area contributed by atoms with Crippen LogP contribution >= 0.6 is 34.4 Å². The lowest BCUT2D eigenvalue weighted by Gasteiger charge is -2.45. The van der Waals surface area contributed by atoms with Gasteiger partial charge in [0.1, 0.15) is 0 Å². The zero-order valence-electron chi connectivity index (χ0n) is 8.25. The maximum Gasteiger partial charge on any atom is 0.462 e. The Morgan fingerprint density at radius 3 is 2.00 bits per heavy atom. The quantitative estimate of drug-likeness (QED) is 0.723. The molecule has 0 spiro atoms. The average Bonchev–Trinajstić information content (AvgIpc) is 2.03. The molecule has 0 aliphatic heterocycles. The highest BCUT2D eigenvalue weighted by molar-refractivity contribution is 7.61. The fraction of sp³-hybridized carbons (Fsp3) is 0.333. The van der Waals surface area contributed by atoms with Crippen LogP contribution in [0.5, 0.6) is 0 Å². The fourth-order valence-electron chi connectivity index (χ4n) is 1.16. The number of halogens is 3. The lowest BCUT2D eigenvalue weighted by Crippen LogP contribution is -2.52. The minimum Gasteiger partial charge on any atom is -0.476 e. The number of benzene rings is 1. The molecule has 0 bridgehead atoms. The molecule has 5 heteroatoms. The predicted molar refractivity (Wildman–Crippen MR) is 65.6 cm³/mol. The smallest absolute Gasteiger partial charge is 0.462 e. The molecule has 1 nitrogen and oxygen atoms in total. The van der Waals surface area contributed by atoms with Crippen molar-refractivity contribution in [2.75, 3.05) is 14.1 Å². The molecule has 0 saturated carbocycles. The van der Waals surface area contributed by atoms with Crippen LogP contribution in [0.15, 0.2) is 30.3 Å². The molecule has 0 saturated heterocycles. The second-order valence-electron chi connectivity index (χ2n) is 3.96. The van der Waals surface area contributed by atoms with Gasteiger partial charge in [0.05, 0.1) is 6.54 Å². The van der Waals surface area contributed by atoms with E-state index >= 15 is 0 Å². The monoisotopic (exact) mass is 251 g/mol. The summed E-state index contributed by atoms with van der Waals surface area (Å²) in [6, 6.07) is 10.0. The van der Waals surface area contributed by atoms with E-state index in [4.69, 9.17) is 34.4 Å². The third-order valence-corrected chi connectivity index (χ3v) is 3.81. The molecule has 14 heavy (non-hydrogen) atoms. The molecule has 0 radical (unpaired) electrons. The molecule has 0 unspecified atom stereocenters. The van der Waals surface area contributed by atoms with E-state index in [0.29, 0.717) is 4.39 Å². The van der Waals surface area contributed by atoms with E-state index in [1.54, 1.807) is 0 Å². The van der Waals surface area contributed by atoms with Crippen molar-refractivity contribution in [2.24, 2.45) is 0 Å². The Morgan fingerprint density at radius 1 is 1.07 bits per heavy atom. The minimum atomic E-state index is -1.93. The first kappa shape index (κ1) is 12.2. The van der Waals surface area contributed by atoms with Crippen molar-refractivity contribution in [1.82, 2.24) is 0 Å². The third kappa shape index (κ3) is 3.06. The molecule has 1 aromatic rings. The first-order valence-corrected chi connectivity index (χ1v) is 5.70. The Morgan fingerprint density at radius 2 is 1.57 bits per heavy atom. The molecule has 78 valence electrons. The molecule has 1 rings (SSSR count). The van der Waals surface area contributed by atoms with Gasteiger partial charge in [-0.25, -0.2) is 0 Å². The van der Waals surface area contributed by atoms with Gasteiger partial charge in [-0.15, -0.1) is 0 Å². The van der Waals surface area contributed by atoms with Gasteiger partial charge in [0, 0.05) is 19.7 Å². The normalized spacial score (nSPS) is 12.9. The predicted octanol–water partition coefficient (Wildman–Crippen LogP) is 3.42. The van der Waals surface area contributed by atoms with E-state index in [1.807, 2.05) is 44.4 Å². The zero-order valence-corrected chi connectivity index (χ0v) is 10.5. The van der Waals surface area contributed by atoms with Crippen LogP contribution in [0.3, 0.4) is 0 Å². The summed E-state index contributed by atoms with van der Waals surface area (Å²) < 4.78 is -1.56. The summed E-state index contributed by atoms with van der Waals surface area (Å²) in [7, 11) is 3.83. The van der Waals surface area contributed by atoms with Crippen molar-refractivity contribution < 1.29 is 4.39 Å². The topological polar surface area (TPSA) is 0 Å². The van der Waals surface area contributed by atoms with Crippen LogP contribution in [-0.4, -0.2) is 23.0 Å². The second kappa shape index (κ2) is 4.32. The number of nitrogens with zero attached hydrogens (tertiary/aromatic N) is 1. The van der Waals surface area contributed by atoms with E-state index < -0.39 is 4.53 Å². The van der Waals surface area contributed by atoms with E-state index in [0.717, 1.165) is 6.54 Å². The Balaban J connectivity index is 2.79. The van der Waals surface area contributed by atoms with Gasteiger partial charge in [-0.2, -0.15) is 0 Å². The van der Waals surface area contributed by atoms with Gasteiger partial charge in [-0.1, -0.05) is 30.3 Å². The third-order valence-electron chi connectivity index (χ3n) is 2.23. The molecule has 1 aromatic carbocycles. The molecule has 0 heterocycles. The fourth-order valence-corrected chi connectivity index (χ4v) is 1.36. The molecule has 0 amide bonds. The lowest BCUT2D eigenvalue weighted by molar-refractivity contribution is -0.796. The van der Waals surface area contributed by atoms with Crippen LogP contribution in [0.2, 0.25) is 0 Å². The largest absolute Gasteiger partial charge is 0.476 e. The van der Waals surface area contributed by atoms with E-state index in [-0.39, 0.29) is 0 Å². The van der Waals surface area contributed by atoms with Crippen molar-refractivity contribution in [3.8, 4) is 0 Å². The summed E-state index contributed by atoms with van der Waals surface area (Å²) in [6.45, 7) is 0.720. The maximum atomic E-state index is 5.94. The van der Waals surface area contributed by atoms with Crippen molar-refractivity contribution in [2.45, 2.75) is 6.54 Å². The van der Waals surface area contributed by atoms with Crippen LogP contribution in [0, 0.1) is 0 Å². The van der Waals surface area contributed by atoms with Gasteiger partial charge in [-0.05, 0) is 0 Å². The van der Waals surface area contributed by atoms with Gasteiger partial charge in [0.15, 0.2) is 0 Å². The van der Waals surface area contributed by atoms with Crippen molar-refractivity contribution >= 4 is 38.9 Å². The molecular formula is C9H13BCl3N. The summed E-state index contributed by atoms with van der Waals surface area (Å²) in [5.41, 5.74) is 1.17. The molecular weight excluding hydrogens is 239 g/mol. The van der Waals surface area contributed by atoms with E-state index in [2.05, 4.69) is 0 Å². The second-order valence-corrected chi connectivity index (χ2v) is 6.53. The van der Waals surface area contributed by atoms with Gasteiger partial charge in [0.25, 0.3) is 0 Å². The molecule has 0 aliphatic rings. The maximum absolute atomic E-state index is 5.94. The number of hydrogen-bond donors (Lipinski definition) is 0. The molecule has 0 N–H and O–H groups in total. The summed E-state index contributed by atoms with van der Waals surface area (Å²) in [5.74, 6) is 0. The van der Waals surface area contributed by atoms with Crippen LogP contribution in [0.1, 0.15) is 5.56 Å². The summed E-state index contributed by atoms with van der Waals surface area (Å²) in [4.78, 5) is 0. The number of quaternary nitrogens is 1. The highest BCUT2D eigenvalue weighted by Gasteiger charge is 2.35. The highest BCUT2D eigenvalue weighted by atomic mass is 35.6. The van der Waals surface area contributed by atoms with Crippen molar-refractivity contribution in [1.29, 1.82) is 0 Å². The SMILES string of the molecule is C[N+](C)(Cc1ccccc1)[B-](Cl)(Cl)Cl. The first-order valence-electron chi connectivity index (χ1n) is 4.39. The first-order chi connectivity index (χ1) is 6.33. The highest BCUT2D eigenvalue weighted by Crippen LogP contribution is 2.31. The molecule has 0 fully saturated rings. The number of rotatable bonds is 3. The summed E-state index contributed by atoms with van der Waals surface area (Å²) in [5, 5.41) is 0. The van der Waals surface area contributed by atoms with Crippen LogP contribution in [-0.2, 0) is 6.54 Å². The van der Waals surface area contributed by atoms with Gasteiger partial charge < -0.3 is 4.39 Å². The molecule has 0 atom stereocenters. The van der Waals surface area contributed by atoms with Crippen LogP contribution in [0.25, 0.3) is 0 Å². The van der Waals surface area contributed by atoms with E-state index in [1.165, 1.54) is 5.56 Å². The summed E-state index contributed by atoms with van der Waals surface area (Å²) in [6.07, 6.45) is 0. The van der Waals surface area contributed by atoms with Crippen LogP contribution < -0.4 is 0 Å². The number of hydrogen-bond acceptors (Lipinski definition) is 0. The standard InChI is InChI=1S/C9H13BCl3N/c1-14(2,10(11,12)13)8-9-6-4-3-5-7-9/h3-7H,8H2,1-2H3. The Labute approximate surface area is 99.8 Å². The Kier molecular flexibility index (Phi) is 3.76. The zero-order chi connectivity index (χ0) is 10.8. The van der Waals surface area contributed by atoms with Gasteiger partial charge >= 0.3 is 4.53 Å². The molecule has 0 aliphatic carbocycles. The lowest BCUT2D eigenvalue weighted by atomic mass is 10.1. The summed E-state index contributed by atoms with van der Waals surface area (Å²) >= 11 is 17.8. The molecule has 0 aromatic heterocycles. The van der Waals surface area contributed by atoms with Crippen LogP contribution in [0.4, 0.5) is 0 Å². The van der Waals surface area contributed by atoms with Crippen molar-refractivity contribution in [3.63, 3.8) is 0 Å². The van der Waals surface area contributed by atoms with Gasteiger partial charge in [0.2, 0.25) is 0 Å². The average molecular weight is 252 g/mol. The van der Waals surface area contributed by atoms with Gasteiger partial charge in [-0.3, -0.25) is 34.4 Å². The van der Waals surface area contributed by atoms with E-state index in [9.17, 15) is 0 Å². The minimum absolute atomic E-state index is 0.370. The van der Waals surface area contributed by atoms with Crippen molar-refractivity contribution in [3.05, 3.63) is 35.9 Å². The Bertz CT molecular complexity index is 295.